The molecule has 2 saturated carbocycles. The Bertz CT molecular complexity index is 841. The topological polar surface area (TPSA) is 17.1 Å². The summed E-state index contributed by atoms with van der Waals surface area (Å²) in [6.07, 6.45) is 11.7. The van der Waals surface area contributed by atoms with Crippen molar-refractivity contribution in [3.63, 3.8) is 0 Å². The van der Waals surface area contributed by atoms with Gasteiger partial charge in [0.2, 0.25) is 0 Å². The van der Waals surface area contributed by atoms with E-state index in [0.717, 1.165) is 41.0 Å². The van der Waals surface area contributed by atoms with Crippen molar-refractivity contribution in [1.29, 1.82) is 0 Å². The second-order valence-corrected chi connectivity index (χ2v) is 9.23. The van der Waals surface area contributed by atoms with Crippen molar-refractivity contribution in [2.45, 2.75) is 64.7 Å². The lowest BCUT2D eigenvalue weighted by molar-refractivity contribution is 0.0922. The van der Waals surface area contributed by atoms with Gasteiger partial charge in [-0.25, -0.2) is 0 Å². The lowest BCUT2D eigenvalue weighted by Crippen LogP contribution is -2.32. The first-order valence-electron chi connectivity index (χ1n) is 11.3. The number of Topliss-reactive ketones (excluding diaryl/α,β-unsaturated/α-hetero) is 1. The van der Waals surface area contributed by atoms with Crippen LogP contribution in [0.3, 0.4) is 0 Å². The van der Waals surface area contributed by atoms with Crippen molar-refractivity contribution in [2.24, 2.45) is 23.7 Å². The van der Waals surface area contributed by atoms with E-state index in [2.05, 4.69) is 31.7 Å². The van der Waals surface area contributed by atoms with Crippen LogP contribution < -0.4 is 0 Å². The Morgan fingerprint density at radius 1 is 1.00 bits per heavy atom. The third-order valence-corrected chi connectivity index (χ3v) is 7.50. The molecule has 0 bridgehead atoms. The van der Waals surface area contributed by atoms with Crippen LogP contribution in [0.1, 0.15) is 75.1 Å². The van der Waals surface area contributed by atoms with E-state index in [4.69, 9.17) is 0 Å². The van der Waals surface area contributed by atoms with Crippen LogP contribution in [0.15, 0.2) is 54.6 Å². The summed E-state index contributed by atoms with van der Waals surface area (Å²) in [6.45, 7) is 6.61. The predicted octanol–water partition coefficient (Wildman–Crippen LogP) is 7.60. The molecule has 0 saturated heterocycles. The number of hydrogen-bond donors (Lipinski definition) is 0. The maximum atomic E-state index is 13.1. The molecule has 0 aromatic heterocycles. The Hall–Kier alpha value is -1.89. The number of carbonyl (C=O) groups is 1. The molecule has 4 unspecified atom stereocenters. The molecule has 4 rings (SSSR count). The number of allylic oxidation sites excluding steroid dienone is 1. The largest absolute Gasteiger partial charge is 0.294 e. The fourth-order valence-electron chi connectivity index (χ4n) is 5.87. The van der Waals surface area contributed by atoms with Crippen LogP contribution in [-0.4, -0.2) is 5.78 Å². The lowest BCUT2D eigenvalue weighted by Gasteiger charge is -2.42. The van der Waals surface area contributed by atoms with Gasteiger partial charge in [0.1, 0.15) is 0 Å². The molecule has 0 amide bonds. The van der Waals surface area contributed by atoms with Gasteiger partial charge < -0.3 is 0 Å². The Morgan fingerprint density at radius 3 is 2.64 bits per heavy atom. The molecule has 2 aliphatic rings. The van der Waals surface area contributed by atoms with Crippen LogP contribution in [0.2, 0.25) is 0 Å². The van der Waals surface area contributed by atoms with Crippen molar-refractivity contribution >= 4 is 16.6 Å². The van der Waals surface area contributed by atoms with Crippen molar-refractivity contribution in [2.75, 3.05) is 0 Å². The highest BCUT2D eigenvalue weighted by molar-refractivity contribution is 6.08. The molecule has 2 aromatic rings. The molecule has 0 N–H and O–H groups in total. The molecule has 1 nitrogen and oxygen atoms in total. The van der Waals surface area contributed by atoms with E-state index < -0.39 is 0 Å². The van der Waals surface area contributed by atoms with E-state index in [0.29, 0.717) is 5.92 Å². The van der Waals surface area contributed by atoms with Crippen LogP contribution >= 0.6 is 0 Å². The van der Waals surface area contributed by atoms with Crippen LogP contribution in [-0.2, 0) is 0 Å². The predicted molar refractivity (Wildman–Crippen MR) is 119 cm³/mol. The van der Waals surface area contributed by atoms with Gasteiger partial charge in [-0.15, -0.1) is 0 Å². The molecule has 2 fully saturated rings. The highest BCUT2D eigenvalue weighted by Gasteiger charge is 2.35. The fraction of sp³-hybridized carbons (Fsp3) is 0.519. The van der Waals surface area contributed by atoms with Crippen LogP contribution in [0, 0.1) is 23.7 Å². The molecule has 28 heavy (non-hydrogen) atoms. The van der Waals surface area contributed by atoms with Gasteiger partial charge in [-0.3, -0.25) is 4.79 Å². The fourth-order valence-corrected chi connectivity index (χ4v) is 5.87. The van der Waals surface area contributed by atoms with Gasteiger partial charge in [0, 0.05) is 11.5 Å². The normalized spacial score (nSPS) is 25.8. The third kappa shape index (κ3) is 3.95. The Balaban J connectivity index is 1.40. The summed E-state index contributed by atoms with van der Waals surface area (Å²) in [5.41, 5.74) is 2.30. The maximum absolute atomic E-state index is 13.1. The molecule has 148 valence electrons. The summed E-state index contributed by atoms with van der Waals surface area (Å²) in [6, 6.07) is 14.3. The van der Waals surface area contributed by atoms with Crippen LogP contribution in [0.4, 0.5) is 0 Å². The average Bonchev–Trinajstić information content (AvgIpc) is 2.76. The molecule has 2 aromatic carbocycles. The molecule has 1 heteroatoms. The number of hydrogen-bond acceptors (Lipinski definition) is 1. The van der Waals surface area contributed by atoms with Crippen molar-refractivity contribution < 1.29 is 4.79 Å². The molecule has 0 spiro atoms. The Kier molecular flexibility index (Phi) is 5.99. The first-order chi connectivity index (χ1) is 13.6. The zero-order valence-corrected chi connectivity index (χ0v) is 17.3. The SMILES string of the molecule is C=C(CCC(C)C(=O)c1cccc2ccccc12)C1CCCC2CCCCC21. The molecular weight excluding hydrogens is 340 g/mol. The standard InChI is InChI=1S/C27H34O/c1-19(23-15-7-11-21-9-3-5-13-24(21)23)17-18-20(2)27(28)26-16-8-12-22-10-4-6-14-25(22)26/h4,6,8,10,12,14,16,20-21,23-24H,1,3,5,7,9,11,13,15,17-18H2,2H3. The summed E-state index contributed by atoms with van der Waals surface area (Å²) in [5.74, 6) is 2.86. The van der Waals surface area contributed by atoms with Gasteiger partial charge in [-0.1, -0.05) is 93.6 Å². The average molecular weight is 375 g/mol. The molecule has 0 radical (unpaired) electrons. The number of rotatable bonds is 6. The smallest absolute Gasteiger partial charge is 0.166 e. The summed E-state index contributed by atoms with van der Waals surface area (Å²) in [4.78, 5) is 13.1. The monoisotopic (exact) mass is 374 g/mol. The summed E-state index contributed by atoms with van der Waals surface area (Å²) in [5, 5.41) is 2.23. The first kappa shape index (κ1) is 19.4. The molecular formula is C27H34O. The van der Waals surface area contributed by atoms with Gasteiger partial charge in [0.15, 0.2) is 5.78 Å². The zero-order chi connectivity index (χ0) is 19.5. The van der Waals surface area contributed by atoms with Crippen molar-refractivity contribution in [3.8, 4) is 0 Å². The van der Waals surface area contributed by atoms with Gasteiger partial charge in [-0.05, 0) is 54.2 Å². The summed E-state index contributed by atoms with van der Waals surface area (Å²) >= 11 is 0. The number of carbonyl (C=O) groups excluding carboxylic acids is 1. The van der Waals surface area contributed by atoms with E-state index in [1.807, 2.05) is 24.3 Å². The van der Waals surface area contributed by atoms with Gasteiger partial charge >= 0.3 is 0 Å². The Morgan fingerprint density at radius 2 is 1.75 bits per heavy atom. The Labute approximate surface area is 170 Å². The first-order valence-corrected chi connectivity index (χ1v) is 11.3. The van der Waals surface area contributed by atoms with Gasteiger partial charge in [0.25, 0.3) is 0 Å². The lowest BCUT2D eigenvalue weighted by atomic mass is 9.63. The molecule has 2 aliphatic carbocycles. The minimum atomic E-state index is 0.0494. The second kappa shape index (κ2) is 8.64. The van der Waals surface area contributed by atoms with E-state index >= 15 is 0 Å². The highest BCUT2D eigenvalue weighted by Crippen LogP contribution is 2.47. The second-order valence-electron chi connectivity index (χ2n) is 9.23. The highest BCUT2D eigenvalue weighted by atomic mass is 16.1. The number of ketones is 1. The molecule has 0 heterocycles. The maximum Gasteiger partial charge on any atom is 0.166 e. The van der Waals surface area contributed by atoms with E-state index in [-0.39, 0.29) is 11.7 Å². The van der Waals surface area contributed by atoms with Crippen molar-refractivity contribution in [1.82, 2.24) is 0 Å². The van der Waals surface area contributed by atoms with Crippen LogP contribution in [0.25, 0.3) is 10.8 Å². The van der Waals surface area contributed by atoms with Crippen LogP contribution in [0.5, 0.6) is 0 Å². The minimum absolute atomic E-state index is 0.0494. The third-order valence-electron chi connectivity index (χ3n) is 7.50. The number of benzene rings is 2. The minimum Gasteiger partial charge on any atom is -0.294 e. The van der Waals surface area contributed by atoms with Crippen molar-refractivity contribution in [3.05, 3.63) is 60.2 Å². The molecule has 0 aliphatic heterocycles. The summed E-state index contributed by atoms with van der Waals surface area (Å²) < 4.78 is 0. The molecule has 4 atom stereocenters. The zero-order valence-electron chi connectivity index (χ0n) is 17.3. The van der Waals surface area contributed by atoms with Gasteiger partial charge in [-0.2, -0.15) is 0 Å². The van der Waals surface area contributed by atoms with E-state index in [9.17, 15) is 4.79 Å². The van der Waals surface area contributed by atoms with E-state index in [1.54, 1.807) is 0 Å². The number of fused-ring (bicyclic) bond motifs is 2. The van der Waals surface area contributed by atoms with Gasteiger partial charge in [0.05, 0.1) is 0 Å². The van der Waals surface area contributed by atoms with E-state index in [1.165, 1.54) is 50.5 Å². The quantitative estimate of drug-likeness (QED) is 0.376. The summed E-state index contributed by atoms with van der Waals surface area (Å²) in [7, 11) is 0.